The molecule has 1 heterocycles. The van der Waals surface area contributed by atoms with Crippen molar-refractivity contribution in [3.8, 4) is 0 Å². The van der Waals surface area contributed by atoms with Crippen molar-refractivity contribution in [2.75, 3.05) is 32.9 Å². The van der Waals surface area contributed by atoms with Crippen LogP contribution in [0, 0.1) is 11.6 Å². The van der Waals surface area contributed by atoms with Gasteiger partial charge in [0.05, 0.1) is 25.9 Å². The first-order valence-corrected chi connectivity index (χ1v) is 6.75. The lowest BCUT2D eigenvalue weighted by Gasteiger charge is -2.35. The minimum absolute atomic E-state index is 0.0174. The average Bonchev–Trinajstić information content (AvgIpc) is 2.48. The van der Waals surface area contributed by atoms with Crippen LogP contribution in [0.3, 0.4) is 0 Å². The molecule has 0 aliphatic carbocycles. The molecule has 0 amide bonds. The average molecular weight is 286 g/mol. The van der Waals surface area contributed by atoms with E-state index in [9.17, 15) is 13.9 Å². The summed E-state index contributed by atoms with van der Waals surface area (Å²) < 4.78 is 32.1. The number of ether oxygens (including phenoxy) is 1. The van der Waals surface area contributed by atoms with Gasteiger partial charge in [-0.2, -0.15) is 0 Å². The molecule has 1 fully saturated rings. The molecule has 112 valence electrons. The van der Waals surface area contributed by atoms with Crippen LogP contribution in [-0.4, -0.2) is 49.0 Å². The number of aliphatic hydroxyl groups is 1. The number of morpholine rings is 1. The van der Waals surface area contributed by atoms with E-state index >= 15 is 0 Å². The number of rotatable bonds is 5. The van der Waals surface area contributed by atoms with Gasteiger partial charge in [-0.05, 0) is 12.5 Å². The highest BCUT2D eigenvalue weighted by Crippen LogP contribution is 2.21. The molecule has 2 rings (SSSR count). The standard InChI is InChI=1S/C14H20F2N2O2/c15-12-3-1-2-11(14(12)16)13(17)4-5-18-6-7-20-9-10(18)8-19/h1-3,10,13,19H,4-9,17H2. The van der Waals surface area contributed by atoms with Crippen LogP contribution in [0.15, 0.2) is 18.2 Å². The number of nitrogens with two attached hydrogens (primary N) is 1. The number of aliphatic hydroxyl groups excluding tert-OH is 1. The molecule has 0 aromatic heterocycles. The Kier molecular flexibility index (Phi) is 5.42. The molecule has 1 aromatic carbocycles. The maximum Gasteiger partial charge on any atom is 0.163 e. The van der Waals surface area contributed by atoms with Gasteiger partial charge < -0.3 is 15.6 Å². The Bertz CT molecular complexity index is 445. The second-order valence-electron chi connectivity index (χ2n) is 4.99. The predicted octanol–water partition coefficient (Wildman–Crippen LogP) is 1.05. The third-order valence-corrected chi connectivity index (χ3v) is 3.67. The van der Waals surface area contributed by atoms with Crippen LogP contribution in [0.1, 0.15) is 18.0 Å². The van der Waals surface area contributed by atoms with Crippen LogP contribution in [0.5, 0.6) is 0 Å². The molecule has 1 aliphatic rings. The first-order chi connectivity index (χ1) is 9.63. The summed E-state index contributed by atoms with van der Waals surface area (Å²) >= 11 is 0. The lowest BCUT2D eigenvalue weighted by Crippen LogP contribution is -2.48. The third kappa shape index (κ3) is 3.52. The van der Waals surface area contributed by atoms with E-state index < -0.39 is 17.7 Å². The van der Waals surface area contributed by atoms with Gasteiger partial charge in [-0.1, -0.05) is 12.1 Å². The van der Waals surface area contributed by atoms with Crippen LogP contribution in [0.2, 0.25) is 0 Å². The monoisotopic (exact) mass is 286 g/mol. The Morgan fingerprint density at radius 2 is 2.25 bits per heavy atom. The summed E-state index contributed by atoms with van der Waals surface area (Å²) in [6.45, 7) is 2.44. The van der Waals surface area contributed by atoms with E-state index in [0.29, 0.717) is 32.7 Å². The van der Waals surface area contributed by atoms with Crippen molar-refractivity contribution >= 4 is 0 Å². The van der Waals surface area contributed by atoms with Crippen LogP contribution >= 0.6 is 0 Å². The molecule has 2 atom stereocenters. The summed E-state index contributed by atoms with van der Waals surface area (Å²) in [6.07, 6.45) is 0.497. The summed E-state index contributed by atoms with van der Waals surface area (Å²) in [7, 11) is 0. The van der Waals surface area contributed by atoms with Gasteiger partial charge >= 0.3 is 0 Å². The molecule has 1 aromatic rings. The largest absolute Gasteiger partial charge is 0.395 e. The molecule has 20 heavy (non-hydrogen) atoms. The van der Waals surface area contributed by atoms with Gasteiger partial charge in [0.1, 0.15) is 0 Å². The van der Waals surface area contributed by atoms with Crippen molar-refractivity contribution in [3.63, 3.8) is 0 Å². The molecule has 0 bridgehead atoms. The van der Waals surface area contributed by atoms with Crippen molar-refractivity contribution in [2.24, 2.45) is 5.73 Å². The molecular formula is C14H20F2N2O2. The SMILES string of the molecule is NC(CCN1CCOCC1CO)c1cccc(F)c1F. The molecule has 1 aliphatic heterocycles. The Hall–Kier alpha value is -1.08. The molecule has 4 nitrogen and oxygen atoms in total. The highest BCUT2D eigenvalue weighted by atomic mass is 19.2. The highest BCUT2D eigenvalue weighted by molar-refractivity contribution is 5.22. The molecule has 6 heteroatoms. The summed E-state index contributed by atoms with van der Waals surface area (Å²) in [6, 6.07) is 3.43. The Morgan fingerprint density at radius 3 is 3.00 bits per heavy atom. The lowest BCUT2D eigenvalue weighted by atomic mass is 10.0. The van der Waals surface area contributed by atoms with Crippen molar-refractivity contribution in [2.45, 2.75) is 18.5 Å². The number of hydrogen-bond acceptors (Lipinski definition) is 4. The van der Waals surface area contributed by atoms with Crippen molar-refractivity contribution in [3.05, 3.63) is 35.4 Å². The van der Waals surface area contributed by atoms with Gasteiger partial charge in [0.25, 0.3) is 0 Å². The normalized spacial score (nSPS) is 21.9. The van der Waals surface area contributed by atoms with Crippen molar-refractivity contribution < 1.29 is 18.6 Å². The second kappa shape index (κ2) is 7.08. The molecular weight excluding hydrogens is 266 g/mol. The zero-order valence-corrected chi connectivity index (χ0v) is 11.3. The van der Waals surface area contributed by atoms with Crippen molar-refractivity contribution in [1.29, 1.82) is 0 Å². The van der Waals surface area contributed by atoms with E-state index in [1.165, 1.54) is 12.1 Å². The first-order valence-electron chi connectivity index (χ1n) is 6.75. The maximum absolute atomic E-state index is 13.6. The molecule has 2 unspecified atom stereocenters. The first kappa shape index (κ1) is 15.3. The number of nitrogens with zero attached hydrogens (tertiary/aromatic N) is 1. The van der Waals surface area contributed by atoms with Crippen LogP contribution in [0.4, 0.5) is 8.78 Å². The Balaban J connectivity index is 1.94. The number of benzene rings is 1. The van der Waals surface area contributed by atoms with E-state index in [1.807, 2.05) is 0 Å². The van der Waals surface area contributed by atoms with Gasteiger partial charge in [-0.25, -0.2) is 8.78 Å². The summed E-state index contributed by atoms with van der Waals surface area (Å²) in [5, 5.41) is 9.26. The Labute approximate surface area is 117 Å². The van der Waals surface area contributed by atoms with Gasteiger partial charge in [0.2, 0.25) is 0 Å². The smallest absolute Gasteiger partial charge is 0.163 e. The van der Waals surface area contributed by atoms with Crippen molar-refractivity contribution in [1.82, 2.24) is 4.90 Å². The molecule has 0 saturated carbocycles. The quantitative estimate of drug-likeness (QED) is 0.849. The minimum Gasteiger partial charge on any atom is -0.395 e. The van der Waals surface area contributed by atoms with E-state index in [-0.39, 0.29) is 18.2 Å². The van der Waals surface area contributed by atoms with E-state index in [0.717, 1.165) is 6.07 Å². The van der Waals surface area contributed by atoms with Crippen LogP contribution in [-0.2, 0) is 4.74 Å². The summed E-state index contributed by atoms with van der Waals surface area (Å²) in [5.74, 6) is -1.75. The van der Waals surface area contributed by atoms with Gasteiger partial charge in [0, 0.05) is 24.7 Å². The fourth-order valence-corrected chi connectivity index (χ4v) is 2.42. The van der Waals surface area contributed by atoms with Crippen LogP contribution in [0.25, 0.3) is 0 Å². The zero-order chi connectivity index (χ0) is 14.5. The van der Waals surface area contributed by atoms with Gasteiger partial charge in [-0.15, -0.1) is 0 Å². The minimum atomic E-state index is -0.877. The summed E-state index contributed by atoms with van der Waals surface area (Å²) in [4.78, 5) is 2.07. The fourth-order valence-electron chi connectivity index (χ4n) is 2.42. The number of hydrogen-bond donors (Lipinski definition) is 2. The topological polar surface area (TPSA) is 58.7 Å². The zero-order valence-electron chi connectivity index (χ0n) is 11.3. The second-order valence-corrected chi connectivity index (χ2v) is 4.99. The third-order valence-electron chi connectivity index (χ3n) is 3.67. The molecule has 0 radical (unpaired) electrons. The van der Waals surface area contributed by atoms with E-state index in [2.05, 4.69) is 4.90 Å². The highest BCUT2D eigenvalue weighted by Gasteiger charge is 2.23. The van der Waals surface area contributed by atoms with Gasteiger partial charge in [0.15, 0.2) is 11.6 Å². The number of halogens is 2. The Morgan fingerprint density at radius 1 is 1.45 bits per heavy atom. The molecule has 1 saturated heterocycles. The predicted molar refractivity (Wildman–Crippen MR) is 71.2 cm³/mol. The maximum atomic E-state index is 13.6. The lowest BCUT2D eigenvalue weighted by molar-refractivity contribution is -0.0283. The van der Waals surface area contributed by atoms with Crippen LogP contribution < -0.4 is 5.73 Å². The van der Waals surface area contributed by atoms with Gasteiger partial charge in [-0.3, -0.25) is 4.90 Å². The molecule has 3 N–H and O–H groups in total. The van der Waals surface area contributed by atoms with E-state index in [1.54, 1.807) is 0 Å². The van der Waals surface area contributed by atoms with E-state index in [4.69, 9.17) is 10.5 Å². The molecule has 0 spiro atoms. The summed E-state index contributed by atoms with van der Waals surface area (Å²) in [5.41, 5.74) is 6.14. The fraction of sp³-hybridized carbons (Fsp3) is 0.571.